The van der Waals surface area contributed by atoms with E-state index in [4.69, 9.17) is 4.74 Å². The van der Waals surface area contributed by atoms with Gasteiger partial charge in [-0.2, -0.15) is 0 Å². The molecule has 0 aliphatic carbocycles. The lowest BCUT2D eigenvalue weighted by Crippen LogP contribution is -2.35. The van der Waals surface area contributed by atoms with Crippen LogP contribution in [0.1, 0.15) is 41.0 Å². The third-order valence-electron chi connectivity index (χ3n) is 2.97. The average Bonchev–Trinajstić information content (AvgIpc) is 2.44. The quantitative estimate of drug-likeness (QED) is 0.746. The second-order valence-electron chi connectivity index (χ2n) is 6.03. The lowest BCUT2D eigenvalue weighted by molar-refractivity contribution is -0.118. The molecule has 98 valence electrons. The van der Waals surface area contributed by atoms with Gasteiger partial charge in [-0.15, -0.1) is 0 Å². The SMILES string of the molecule is CC(=O)CC1CN(C(=O)OC(C)(C)C)CC1C. The van der Waals surface area contributed by atoms with E-state index in [1.807, 2.05) is 20.8 Å². The number of rotatable bonds is 2. The molecule has 0 N–H and O–H groups in total. The van der Waals surface area contributed by atoms with Crippen molar-refractivity contribution in [3.63, 3.8) is 0 Å². The predicted octanol–water partition coefficient (Wildman–Crippen LogP) is 2.47. The summed E-state index contributed by atoms with van der Waals surface area (Å²) in [6.07, 6.45) is 0.288. The van der Waals surface area contributed by atoms with Gasteiger partial charge < -0.3 is 14.4 Å². The molecule has 2 unspecified atom stereocenters. The molecule has 1 rings (SSSR count). The van der Waals surface area contributed by atoms with Crippen molar-refractivity contribution in [2.45, 2.75) is 46.6 Å². The van der Waals surface area contributed by atoms with Crippen LogP contribution in [0.15, 0.2) is 0 Å². The molecule has 1 aliphatic heterocycles. The summed E-state index contributed by atoms with van der Waals surface area (Å²) in [6, 6.07) is 0. The Labute approximate surface area is 103 Å². The van der Waals surface area contributed by atoms with Crippen LogP contribution in [0.4, 0.5) is 4.79 Å². The Morgan fingerprint density at radius 1 is 1.29 bits per heavy atom. The molecule has 1 amide bonds. The second kappa shape index (κ2) is 5.07. The number of carbonyl (C=O) groups excluding carboxylic acids is 2. The van der Waals surface area contributed by atoms with Crippen LogP contribution in [0, 0.1) is 11.8 Å². The first-order valence-corrected chi connectivity index (χ1v) is 6.16. The van der Waals surface area contributed by atoms with E-state index >= 15 is 0 Å². The Hall–Kier alpha value is -1.06. The monoisotopic (exact) mass is 241 g/mol. The molecule has 1 aliphatic rings. The van der Waals surface area contributed by atoms with Crippen LogP contribution >= 0.6 is 0 Å². The van der Waals surface area contributed by atoms with Gasteiger partial charge in [-0.3, -0.25) is 0 Å². The fourth-order valence-electron chi connectivity index (χ4n) is 2.14. The van der Waals surface area contributed by atoms with Gasteiger partial charge in [0.25, 0.3) is 0 Å². The van der Waals surface area contributed by atoms with Crippen LogP contribution < -0.4 is 0 Å². The Morgan fingerprint density at radius 2 is 1.88 bits per heavy atom. The fourth-order valence-corrected chi connectivity index (χ4v) is 2.14. The number of carbonyl (C=O) groups is 2. The molecule has 4 heteroatoms. The molecule has 0 bridgehead atoms. The molecule has 0 saturated carbocycles. The van der Waals surface area contributed by atoms with Crippen LogP contribution in [0.2, 0.25) is 0 Å². The van der Waals surface area contributed by atoms with Crippen LogP contribution in [0.3, 0.4) is 0 Å². The number of amides is 1. The van der Waals surface area contributed by atoms with Crippen molar-refractivity contribution in [3.05, 3.63) is 0 Å². The molecule has 0 aromatic heterocycles. The highest BCUT2D eigenvalue weighted by molar-refractivity contribution is 5.76. The highest BCUT2D eigenvalue weighted by Gasteiger charge is 2.34. The summed E-state index contributed by atoms with van der Waals surface area (Å²) in [7, 11) is 0. The van der Waals surface area contributed by atoms with Gasteiger partial charge in [-0.05, 0) is 39.5 Å². The van der Waals surface area contributed by atoms with Crippen molar-refractivity contribution in [1.29, 1.82) is 0 Å². The maximum absolute atomic E-state index is 11.9. The molecule has 0 radical (unpaired) electrons. The molecule has 1 saturated heterocycles. The molecule has 0 aromatic rings. The topological polar surface area (TPSA) is 46.6 Å². The minimum Gasteiger partial charge on any atom is -0.444 e. The normalized spacial score (nSPS) is 24.9. The number of nitrogens with zero attached hydrogens (tertiary/aromatic N) is 1. The van der Waals surface area contributed by atoms with E-state index in [-0.39, 0.29) is 17.8 Å². The molecular weight excluding hydrogens is 218 g/mol. The van der Waals surface area contributed by atoms with Gasteiger partial charge in [0.2, 0.25) is 0 Å². The van der Waals surface area contributed by atoms with E-state index < -0.39 is 5.60 Å². The van der Waals surface area contributed by atoms with Gasteiger partial charge in [0.1, 0.15) is 11.4 Å². The van der Waals surface area contributed by atoms with Crippen molar-refractivity contribution in [2.75, 3.05) is 13.1 Å². The molecule has 1 heterocycles. The summed E-state index contributed by atoms with van der Waals surface area (Å²) in [5.41, 5.74) is -0.459. The summed E-state index contributed by atoms with van der Waals surface area (Å²) in [6.45, 7) is 10.6. The lowest BCUT2D eigenvalue weighted by atomic mass is 9.93. The summed E-state index contributed by atoms with van der Waals surface area (Å²) < 4.78 is 5.33. The Morgan fingerprint density at radius 3 is 2.35 bits per heavy atom. The van der Waals surface area contributed by atoms with Crippen LogP contribution in [0.25, 0.3) is 0 Å². The minimum absolute atomic E-state index is 0.188. The number of ketones is 1. The Bertz CT molecular complexity index is 306. The van der Waals surface area contributed by atoms with Gasteiger partial charge in [0.05, 0.1) is 0 Å². The highest BCUT2D eigenvalue weighted by atomic mass is 16.6. The van der Waals surface area contributed by atoms with E-state index in [0.29, 0.717) is 25.4 Å². The molecule has 1 fully saturated rings. The first kappa shape index (κ1) is 14.0. The smallest absolute Gasteiger partial charge is 0.410 e. The van der Waals surface area contributed by atoms with Gasteiger partial charge in [-0.25, -0.2) is 4.79 Å². The van der Waals surface area contributed by atoms with Crippen molar-refractivity contribution < 1.29 is 14.3 Å². The zero-order chi connectivity index (χ0) is 13.2. The van der Waals surface area contributed by atoms with Crippen LogP contribution in [0.5, 0.6) is 0 Å². The fraction of sp³-hybridized carbons (Fsp3) is 0.846. The minimum atomic E-state index is -0.459. The molecular formula is C13H23NO3. The predicted molar refractivity (Wildman–Crippen MR) is 65.8 cm³/mol. The van der Waals surface area contributed by atoms with Crippen molar-refractivity contribution in [3.8, 4) is 0 Å². The summed E-state index contributed by atoms with van der Waals surface area (Å²) in [5.74, 6) is 0.833. The largest absolute Gasteiger partial charge is 0.444 e. The maximum atomic E-state index is 11.9. The average molecular weight is 241 g/mol. The molecule has 17 heavy (non-hydrogen) atoms. The maximum Gasteiger partial charge on any atom is 0.410 e. The standard InChI is InChI=1S/C13H23NO3/c1-9-7-14(8-11(9)6-10(2)15)12(16)17-13(3,4)5/h9,11H,6-8H2,1-5H3. The van der Waals surface area contributed by atoms with E-state index in [1.54, 1.807) is 11.8 Å². The molecule has 0 aromatic carbocycles. The van der Waals surface area contributed by atoms with Gasteiger partial charge >= 0.3 is 6.09 Å². The van der Waals surface area contributed by atoms with E-state index in [0.717, 1.165) is 0 Å². The third kappa shape index (κ3) is 4.36. The van der Waals surface area contributed by atoms with Crippen molar-refractivity contribution >= 4 is 11.9 Å². The number of hydrogen-bond acceptors (Lipinski definition) is 3. The zero-order valence-electron chi connectivity index (χ0n) is 11.4. The number of likely N-dealkylation sites (tertiary alicyclic amines) is 1. The number of ether oxygens (including phenoxy) is 1. The van der Waals surface area contributed by atoms with Crippen LogP contribution in [-0.4, -0.2) is 35.5 Å². The third-order valence-corrected chi connectivity index (χ3v) is 2.97. The Balaban J connectivity index is 2.53. The Kier molecular flexibility index (Phi) is 4.17. The first-order chi connectivity index (χ1) is 7.69. The van der Waals surface area contributed by atoms with E-state index in [1.165, 1.54) is 0 Å². The second-order valence-corrected chi connectivity index (χ2v) is 6.03. The van der Waals surface area contributed by atoms with Gasteiger partial charge in [0, 0.05) is 19.5 Å². The lowest BCUT2D eigenvalue weighted by Gasteiger charge is -2.24. The zero-order valence-corrected chi connectivity index (χ0v) is 11.4. The number of Topliss-reactive ketones (excluding diaryl/α,β-unsaturated/α-hetero) is 1. The van der Waals surface area contributed by atoms with Crippen molar-refractivity contribution in [1.82, 2.24) is 4.90 Å². The van der Waals surface area contributed by atoms with Crippen LogP contribution in [-0.2, 0) is 9.53 Å². The summed E-state index contributed by atoms with van der Waals surface area (Å²) in [5, 5.41) is 0. The molecule has 0 spiro atoms. The van der Waals surface area contributed by atoms with Gasteiger partial charge in [0.15, 0.2) is 0 Å². The van der Waals surface area contributed by atoms with Crippen molar-refractivity contribution in [2.24, 2.45) is 11.8 Å². The molecule has 4 nitrogen and oxygen atoms in total. The highest BCUT2D eigenvalue weighted by Crippen LogP contribution is 2.27. The first-order valence-electron chi connectivity index (χ1n) is 6.16. The van der Waals surface area contributed by atoms with Gasteiger partial charge in [-0.1, -0.05) is 6.92 Å². The van der Waals surface area contributed by atoms with E-state index in [2.05, 4.69) is 6.92 Å². The summed E-state index contributed by atoms with van der Waals surface area (Å²) >= 11 is 0. The van der Waals surface area contributed by atoms with E-state index in [9.17, 15) is 9.59 Å². The molecule has 2 atom stereocenters. The summed E-state index contributed by atoms with van der Waals surface area (Å²) in [4.78, 5) is 24.7. The number of hydrogen-bond donors (Lipinski definition) is 0.